The van der Waals surface area contributed by atoms with Gasteiger partial charge in [-0.3, -0.25) is 35.9 Å². The van der Waals surface area contributed by atoms with Crippen molar-refractivity contribution in [3.05, 3.63) is 55.3 Å². The highest BCUT2D eigenvalue weighted by Crippen LogP contribution is 2.31. The zero-order chi connectivity index (χ0) is 23.7. The Kier molecular flexibility index (Phi) is 8.15. The van der Waals surface area contributed by atoms with Crippen molar-refractivity contribution in [2.75, 3.05) is 23.4 Å². The molecule has 164 valence electrons. The van der Waals surface area contributed by atoms with Crippen LogP contribution in [0, 0.1) is 42.9 Å². The summed E-state index contributed by atoms with van der Waals surface area (Å²) < 4.78 is 0. The number of nitrogens with one attached hydrogen (secondary N) is 2. The van der Waals surface area contributed by atoms with Crippen LogP contribution in [0.15, 0.2) is 24.5 Å². The highest BCUT2D eigenvalue weighted by molar-refractivity contribution is 6.32. The number of halogens is 1. The summed E-state index contributed by atoms with van der Waals surface area (Å²) in [6.07, 6.45) is 1.07. The Labute approximate surface area is 185 Å². The molecular weight excluding hydrogens is 446 g/mol. The molecule has 1 aromatic carbocycles. The van der Waals surface area contributed by atoms with Crippen LogP contribution in [0.4, 0.5) is 23.0 Å². The molecule has 1 aromatic heterocycles. The van der Waals surface area contributed by atoms with Crippen LogP contribution in [0.3, 0.4) is 0 Å². The monoisotopic (exact) mass is 459 g/mol. The van der Waals surface area contributed by atoms with Gasteiger partial charge in [0.2, 0.25) is 11.6 Å². The fraction of sp³-hybridized carbons (Fsp3) is 0.235. The molecule has 15 heteroatoms. The number of nitro benzene ring substituents is 1. The molecule has 0 bridgehead atoms. The predicted octanol–water partition coefficient (Wildman–Crippen LogP) is 2.34. The zero-order valence-electron chi connectivity index (χ0n) is 16.2. The van der Waals surface area contributed by atoms with Crippen LogP contribution >= 0.6 is 11.6 Å². The quantitative estimate of drug-likeness (QED) is 0.389. The molecule has 2 rings (SSSR count). The van der Waals surface area contributed by atoms with E-state index < -0.39 is 27.1 Å². The minimum Gasteiger partial charge on any atom is -0.349 e. The van der Waals surface area contributed by atoms with Crippen LogP contribution in [0.1, 0.15) is 23.2 Å². The molecule has 1 heterocycles. The average molecular weight is 460 g/mol. The molecule has 0 saturated carbocycles. The number of hydrogen-bond donors (Lipinski definition) is 2. The topological polar surface area (TPSA) is 204 Å². The van der Waals surface area contributed by atoms with Crippen molar-refractivity contribution in [3.63, 3.8) is 0 Å². The number of nitro groups is 2. The minimum atomic E-state index is -0.843. The Bertz CT molecular complexity index is 1110. The van der Waals surface area contributed by atoms with Gasteiger partial charge >= 0.3 is 5.69 Å². The van der Waals surface area contributed by atoms with Gasteiger partial charge in [0.15, 0.2) is 0 Å². The molecule has 14 nitrogen and oxygen atoms in total. The highest BCUT2D eigenvalue weighted by atomic mass is 35.5. The van der Waals surface area contributed by atoms with Crippen molar-refractivity contribution < 1.29 is 14.6 Å². The van der Waals surface area contributed by atoms with Gasteiger partial charge in [-0.15, -0.1) is 0 Å². The summed E-state index contributed by atoms with van der Waals surface area (Å²) >= 11 is 5.72. The number of nitriles is 2. The van der Waals surface area contributed by atoms with Crippen molar-refractivity contribution >= 4 is 40.5 Å². The van der Waals surface area contributed by atoms with Crippen LogP contribution in [0.25, 0.3) is 0 Å². The lowest BCUT2D eigenvalue weighted by Gasteiger charge is -2.21. The van der Waals surface area contributed by atoms with E-state index in [2.05, 4.69) is 20.8 Å². The van der Waals surface area contributed by atoms with Crippen molar-refractivity contribution in [1.29, 1.82) is 10.5 Å². The van der Waals surface area contributed by atoms with Crippen molar-refractivity contribution in [2.45, 2.75) is 12.8 Å². The Morgan fingerprint density at radius 3 is 2.34 bits per heavy atom. The first kappa shape index (κ1) is 23.7. The summed E-state index contributed by atoms with van der Waals surface area (Å²) in [4.78, 5) is 42.6. The second-order valence-corrected chi connectivity index (χ2v) is 6.36. The largest absolute Gasteiger partial charge is 0.355 e. The van der Waals surface area contributed by atoms with E-state index in [0.29, 0.717) is 0 Å². The molecule has 1 amide bonds. The van der Waals surface area contributed by atoms with Gasteiger partial charge in [-0.1, -0.05) is 11.6 Å². The van der Waals surface area contributed by atoms with E-state index in [1.54, 1.807) is 0 Å². The SMILES string of the molecule is N#CCCN(CCC#N)c1ncnc(NNC(=O)c2ccc(Cl)c([N+](=O)[O-])c2)c1[N+](=O)[O-]. The molecule has 32 heavy (non-hydrogen) atoms. The molecule has 0 aliphatic carbocycles. The fourth-order valence-electron chi connectivity index (χ4n) is 2.54. The molecule has 0 radical (unpaired) electrons. The lowest BCUT2D eigenvalue weighted by molar-refractivity contribution is -0.384. The summed E-state index contributed by atoms with van der Waals surface area (Å²) in [5.41, 5.74) is 3.28. The molecule has 0 fully saturated rings. The van der Waals surface area contributed by atoms with Gasteiger partial charge in [-0.2, -0.15) is 10.5 Å². The molecular formula is C17H14ClN9O5. The Balaban J connectivity index is 2.31. The van der Waals surface area contributed by atoms with Gasteiger partial charge in [0, 0.05) is 24.7 Å². The zero-order valence-corrected chi connectivity index (χ0v) is 16.9. The Hall–Kier alpha value is -4.56. The summed E-state index contributed by atoms with van der Waals surface area (Å²) in [7, 11) is 0. The van der Waals surface area contributed by atoms with E-state index in [9.17, 15) is 25.0 Å². The number of carbonyl (C=O) groups is 1. The number of hydrogen-bond acceptors (Lipinski definition) is 11. The molecule has 2 N–H and O–H groups in total. The van der Waals surface area contributed by atoms with E-state index in [4.69, 9.17) is 22.1 Å². The van der Waals surface area contributed by atoms with Crippen LogP contribution in [0.5, 0.6) is 0 Å². The lowest BCUT2D eigenvalue weighted by atomic mass is 10.2. The average Bonchev–Trinajstić information content (AvgIpc) is 2.77. The van der Waals surface area contributed by atoms with Crippen LogP contribution in [-0.4, -0.2) is 38.8 Å². The highest BCUT2D eigenvalue weighted by Gasteiger charge is 2.27. The van der Waals surface area contributed by atoms with Crippen LogP contribution in [-0.2, 0) is 0 Å². The van der Waals surface area contributed by atoms with Gasteiger partial charge in [0.25, 0.3) is 11.6 Å². The smallest absolute Gasteiger partial charge is 0.349 e. The van der Waals surface area contributed by atoms with Gasteiger partial charge in [0.05, 0.1) is 34.8 Å². The van der Waals surface area contributed by atoms with Crippen LogP contribution < -0.4 is 15.8 Å². The van der Waals surface area contributed by atoms with E-state index in [0.717, 1.165) is 12.4 Å². The van der Waals surface area contributed by atoms with Crippen molar-refractivity contribution in [2.24, 2.45) is 0 Å². The van der Waals surface area contributed by atoms with Gasteiger partial charge in [0.1, 0.15) is 11.3 Å². The second kappa shape index (κ2) is 11.0. The van der Waals surface area contributed by atoms with Crippen molar-refractivity contribution in [3.8, 4) is 12.1 Å². The number of amides is 1. The first-order valence-corrected chi connectivity index (χ1v) is 9.16. The van der Waals surface area contributed by atoms with Crippen LogP contribution in [0.2, 0.25) is 5.02 Å². The summed E-state index contributed by atoms with van der Waals surface area (Å²) in [6.45, 7) is 0.159. The molecule has 2 aromatic rings. The van der Waals surface area contributed by atoms with Gasteiger partial charge in [-0.05, 0) is 12.1 Å². The minimum absolute atomic E-state index is 0.0292. The number of anilines is 2. The van der Waals surface area contributed by atoms with E-state index >= 15 is 0 Å². The number of nitrogens with zero attached hydrogens (tertiary/aromatic N) is 7. The molecule has 0 spiro atoms. The molecule has 0 aliphatic rings. The Morgan fingerprint density at radius 1 is 1.12 bits per heavy atom. The third-order valence-corrected chi connectivity index (χ3v) is 4.29. The third-order valence-electron chi connectivity index (χ3n) is 3.97. The molecule has 0 unspecified atom stereocenters. The standard InChI is InChI=1S/C17H14ClN9O5/c18-12-4-3-11(9-13(12)26(29)30)17(28)24-23-15-14(27(31)32)16(22-10-21-15)25(7-1-5-19)8-2-6-20/h3-4,9-10H,1-2,7-8H2,(H,24,28)(H,21,22,23). The fourth-order valence-corrected chi connectivity index (χ4v) is 2.72. The van der Waals surface area contributed by atoms with E-state index in [1.807, 2.05) is 12.1 Å². The maximum Gasteiger partial charge on any atom is 0.355 e. The van der Waals surface area contributed by atoms with Gasteiger partial charge < -0.3 is 4.90 Å². The number of carbonyl (C=O) groups excluding carboxylic acids is 1. The maximum atomic E-state index is 12.4. The Morgan fingerprint density at radius 2 is 1.78 bits per heavy atom. The maximum absolute atomic E-state index is 12.4. The van der Waals surface area contributed by atoms with Crippen molar-refractivity contribution in [1.82, 2.24) is 15.4 Å². The molecule has 0 aliphatic heterocycles. The first-order chi connectivity index (χ1) is 15.3. The number of rotatable bonds is 10. The first-order valence-electron chi connectivity index (χ1n) is 8.78. The second-order valence-electron chi connectivity index (χ2n) is 5.96. The molecule has 0 atom stereocenters. The number of hydrazine groups is 1. The van der Waals surface area contributed by atoms with E-state index in [-0.39, 0.29) is 48.2 Å². The van der Waals surface area contributed by atoms with E-state index in [1.165, 1.54) is 17.0 Å². The third kappa shape index (κ3) is 5.74. The predicted molar refractivity (Wildman–Crippen MR) is 111 cm³/mol. The number of aromatic nitrogens is 2. The number of benzene rings is 1. The normalized spacial score (nSPS) is 9.84. The molecule has 0 saturated heterocycles. The summed E-state index contributed by atoms with van der Waals surface area (Å²) in [5, 5.41) is 40.2. The lowest BCUT2D eigenvalue weighted by Crippen LogP contribution is -2.31. The van der Waals surface area contributed by atoms with Gasteiger partial charge in [-0.25, -0.2) is 9.97 Å². The summed E-state index contributed by atoms with van der Waals surface area (Å²) in [6, 6.07) is 7.18. The summed E-state index contributed by atoms with van der Waals surface area (Å²) in [5.74, 6) is -1.35.